The number of hydrogen-bond acceptors (Lipinski definition) is 6. The van der Waals surface area contributed by atoms with Gasteiger partial charge in [0.25, 0.3) is 0 Å². The Balaban J connectivity index is 2.75. The van der Waals surface area contributed by atoms with Gasteiger partial charge < -0.3 is 31.5 Å². The van der Waals surface area contributed by atoms with Gasteiger partial charge in [0.05, 0.1) is 12.6 Å². The predicted molar refractivity (Wildman–Crippen MR) is 96.4 cm³/mol. The Morgan fingerprint density at radius 3 is 2.26 bits per heavy atom. The number of nitrogens with two attached hydrogens (primary N) is 1. The number of amides is 3. The Kier molecular flexibility index (Phi) is 8.64. The second-order valence-corrected chi connectivity index (χ2v) is 7.25. The quantitative estimate of drug-likeness (QED) is 0.319. The largest absolute Gasteiger partial charge is 0.480 e. The van der Waals surface area contributed by atoms with Crippen LogP contribution in [0.15, 0.2) is 0 Å². The zero-order valence-electron chi connectivity index (χ0n) is 16.0. The van der Waals surface area contributed by atoms with Gasteiger partial charge in [-0.1, -0.05) is 13.8 Å². The minimum absolute atomic E-state index is 0.0323. The topological polar surface area (TPSA) is 162 Å². The van der Waals surface area contributed by atoms with Crippen molar-refractivity contribution in [3.63, 3.8) is 0 Å². The molecule has 1 aliphatic rings. The average molecular weight is 386 g/mol. The molecule has 10 nitrogen and oxygen atoms in total. The van der Waals surface area contributed by atoms with E-state index in [1.807, 2.05) is 13.8 Å². The number of rotatable bonds is 9. The number of aliphatic hydroxyl groups excluding tert-OH is 1. The first-order chi connectivity index (χ1) is 12.6. The van der Waals surface area contributed by atoms with E-state index in [0.29, 0.717) is 19.4 Å². The lowest BCUT2D eigenvalue weighted by Crippen LogP contribution is -2.57. The third-order valence-electron chi connectivity index (χ3n) is 4.37. The summed E-state index contributed by atoms with van der Waals surface area (Å²) in [6.07, 6.45) is 1.27. The fourth-order valence-corrected chi connectivity index (χ4v) is 2.99. The summed E-state index contributed by atoms with van der Waals surface area (Å²) in [5, 5.41) is 23.4. The van der Waals surface area contributed by atoms with Crippen LogP contribution in [0.4, 0.5) is 0 Å². The third kappa shape index (κ3) is 6.47. The Labute approximate surface area is 158 Å². The molecule has 0 aromatic heterocycles. The minimum atomic E-state index is -1.31. The van der Waals surface area contributed by atoms with Gasteiger partial charge >= 0.3 is 5.97 Å². The molecule has 0 aromatic rings. The number of hydrogen-bond donors (Lipinski definition) is 5. The van der Waals surface area contributed by atoms with E-state index in [-0.39, 0.29) is 18.2 Å². The number of likely N-dealkylation sites (tertiary alicyclic amines) is 1. The smallest absolute Gasteiger partial charge is 0.326 e. The van der Waals surface area contributed by atoms with Crippen molar-refractivity contribution >= 4 is 23.7 Å². The minimum Gasteiger partial charge on any atom is -0.480 e. The molecule has 0 bridgehead atoms. The van der Waals surface area contributed by atoms with Crippen LogP contribution in [0, 0.1) is 5.92 Å². The summed E-state index contributed by atoms with van der Waals surface area (Å²) < 4.78 is 0. The first-order valence-electron chi connectivity index (χ1n) is 9.08. The maximum Gasteiger partial charge on any atom is 0.326 e. The molecule has 0 saturated carbocycles. The van der Waals surface area contributed by atoms with Crippen LogP contribution in [0.5, 0.6) is 0 Å². The van der Waals surface area contributed by atoms with Crippen LogP contribution in [-0.2, 0) is 19.2 Å². The average Bonchev–Trinajstić information content (AvgIpc) is 3.06. The molecule has 27 heavy (non-hydrogen) atoms. The van der Waals surface area contributed by atoms with Gasteiger partial charge in [0.1, 0.15) is 18.1 Å². The van der Waals surface area contributed by atoms with Crippen molar-refractivity contribution in [3.05, 3.63) is 0 Å². The highest BCUT2D eigenvalue weighted by Gasteiger charge is 2.37. The summed E-state index contributed by atoms with van der Waals surface area (Å²) >= 11 is 0. The van der Waals surface area contributed by atoms with Crippen LogP contribution >= 0.6 is 0 Å². The van der Waals surface area contributed by atoms with Crippen molar-refractivity contribution in [2.24, 2.45) is 11.7 Å². The molecular formula is C17H30N4O6. The summed E-state index contributed by atoms with van der Waals surface area (Å²) in [7, 11) is 0. The monoisotopic (exact) mass is 386 g/mol. The molecule has 6 N–H and O–H groups in total. The summed E-state index contributed by atoms with van der Waals surface area (Å²) in [5.41, 5.74) is 5.59. The maximum atomic E-state index is 12.5. The van der Waals surface area contributed by atoms with E-state index < -0.39 is 48.6 Å². The molecule has 0 aromatic carbocycles. The van der Waals surface area contributed by atoms with Gasteiger partial charge in [-0.15, -0.1) is 0 Å². The first-order valence-corrected chi connectivity index (χ1v) is 9.08. The lowest BCUT2D eigenvalue weighted by molar-refractivity contribution is -0.143. The molecule has 0 aliphatic carbocycles. The molecule has 154 valence electrons. The highest BCUT2D eigenvalue weighted by atomic mass is 16.4. The fourth-order valence-electron chi connectivity index (χ4n) is 2.99. The second kappa shape index (κ2) is 10.2. The Hall–Kier alpha value is -2.20. The number of carboxylic acids is 1. The van der Waals surface area contributed by atoms with Crippen LogP contribution < -0.4 is 16.4 Å². The van der Waals surface area contributed by atoms with Crippen molar-refractivity contribution in [1.82, 2.24) is 15.5 Å². The molecule has 1 aliphatic heterocycles. The van der Waals surface area contributed by atoms with Crippen molar-refractivity contribution < 1.29 is 29.4 Å². The van der Waals surface area contributed by atoms with E-state index in [2.05, 4.69) is 10.6 Å². The van der Waals surface area contributed by atoms with Crippen LogP contribution in [0.3, 0.4) is 0 Å². The van der Waals surface area contributed by atoms with E-state index in [1.165, 1.54) is 11.8 Å². The normalized spacial score (nSPS) is 20.1. The van der Waals surface area contributed by atoms with Crippen molar-refractivity contribution in [1.29, 1.82) is 0 Å². The summed E-state index contributed by atoms with van der Waals surface area (Å²) in [6, 6.07) is -3.94. The summed E-state index contributed by atoms with van der Waals surface area (Å²) in [4.78, 5) is 49.5. The second-order valence-electron chi connectivity index (χ2n) is 7.25. The highest BCUT2D eigenvalue weighted by molar-refractivity contribution is 5.94. The zero-order chi connectivity index (χ0) is 20.7. The Morgan fingerprint density at radius 2 is 1.78 bits per heavy atom. The van der Waals surface area contributed by atoms with Crippen LogP contribution in [-0.4, -0.2) is 76.1 Å². The standard InChI is InChI=1S/C17H30N4O6/c1-9(2)7-11(17(26)27)19-14(23)12(8-22)20-15(24)13-5-4-6-21(13)16(25)10(3)18/h9-13,22H,4-8,18H2,1-3H3,(H,19,23)(H,20,24)(H,26,27)/t10-,11-,12-,13-/m0/s1. The van der Waals surface area contributed by atoms with Gasteiger partial charge in [0, 0.05) is 6.54 Å². The lowest BCUT2D eigenvalue weighted by Gasteiger charge is -2.27. The molecule has 1 rings (SSSR count). The number of nitrogens with zero attached hydrogens (tertiary/aromatic N) is 1. The van der Waals surface area contributed by atoms with Crippen LogP contribution in [0.2, 0.25) is 0 Å². The Bertz CT molecular complexity index is 566. The van der Waals surface area contributed by atoms with Gasteiger partial charge in [-0.05, 0) is 32.1 Å². The number of carbonyl (C=O) groups is 4. The molecule has 4 atom stereocenters. The van der Waals surface area contributed by atoms with E-state index >= 15 is 0 Å². The molecule has 0 unspecified atom stereocenters. The molecule has 0 radical (unpaired) electrons. The van der Waals surface area contributed by atoms with Crippen molar-refractivity contribution in [3.8, 4) is 0 Å². The predicted octanol–water partition coefficient (Wildman–Crippen LogP) is -1.58. The van der Waals surface area contributed by atoms with Gasteiger partial charge in [-0.3, -0.25) is 14.4 Å². The van der Waals surface area contributed by atoms with E-state index in [4.69, 9.17) is 5.73 Å². The van der Waals surface area contributed by atoms with Crippen LogP contribution in [0.25, 0.3) is 0 Å². The Morgan fingerprint density at radius 1 is 1.15 bits per heavy atom. The zero-order valence-corrected chi connectivity index (χ0v) is 16.0. The van der Waals surface area contributed by atoms with Crippen molar-refractivity contribution in [2.75, 3.05) is 13.2 Å². The number of aliphatic carboxylic acids is 1. The number of nitrogens with one attached hydrogen (secondary N) is 2. The van der Waals surface area contributed by atoms with Gasteiger partial charge in [0.2, 0.25) is 17.7 Å². The number of carbonyl (C=O) groups excluding carboxylic acids is 3. The third-order valence-corrected chi connectivity index (χ3v) is 4.37. The molecule has 1 fully saturated rings. The van der Waals surface area contributed by atoms with Crippen LogP contribution in [0.1, 0.15) is 40.0 Å². The number of carboxylic acid groups (broad SMARTS) is 1. The molecule has 1 saturated heterocycles. The van der Waals surface area contributed by atoms with E-state index in [1.54, 1.807) is 0 Å². The summed E-state index contributed by atoms with van der Waals surface area (Å²) in [6.45, 7) is 4.86. The van der Waals surface area contributed by atoms with E-state index in [0.717, 1.165) is 0 Å². The van der Waals surface area contributed by atoms with E-state index in [9.17, 15) is 29.4 Å². The molecule has 3 amide bonds. The number of aliphatic hydroxyl groups is 1. The van der Waals surface area contributed by atoms with Crippen molar-refractivity contribution in [2.45, 2.75) is 64.2 Å². The van der Waals surface area contributed by atoms with Gasteiger partial charge in [-0.2, -0.15) is 0 Å². The molecule has 0 spiro atoms. The SMILES string of the molecule is CC(C)C[C@H](NC(=O)[C@H](CO)NC(=O)[C@@H]1CCCN1C(=O)[C@H](C)N)C(=O)O. The molecule has 1 heterocycles. The summed E-state index contributed by atoms with van der Waals surface area (Å²) in [5.74, 6) is -2.89. The lowest BCUT2D eigenvalue weighted by atomic mass is 10.0. The first kappa shape index (κ1) is 22.8. The fraction of sp³-hybridized carbons (Fsp3) is 0.765. The maximum absolute atomic E-state index is 12.5. The van der Waals surface area contributed by atoms with Gasteiger partial charge in [0.15, 0.2) is 0 Å². The highest BCUT2D eigenvalue weighted by Crippen LogP contribution is 2.18. The molecular weight excluding hydrogens is 356 g/mol. The molecule has 10 heteroatoms. The van der Waals surface area contributed by atoms with Gasteiger partial charge in [-0.25, -0.2) is 4.79 Å².